The third kappa shape index (κ3) is 4.41. The minimum atomic E-state index is 0.149. The number of hydrogen-bond donors (Lipinski definition) is 1. The van der Waals surface area contributed by atoms with Crippen molar-refractivity contribution in [3.63, 3.8) is 0 Å². The maximum Gasteiger partial charge on any atom is 0.164 e. The number of fused-ring (bicyclic) bond motifs is 4. The molecule has 5 heteroatoms. The second-order valence-corrected chi connectivity index (χ2v) is 11.3. The number of rotatable bonds is 4. The first-order valence-corrected chi connectivity index (χ1v) is 14.5. The lowest BCUT2D eigenvalue weighted by Crippen LogP contribution is -2.00. The molecule has 1 aliphatic rings. The highest BCUT2D eigenvalue weighted by Gasteiger charge is 2.25. The lowest BCUT2D eigenvalue weighted by molar-refractivity contribution is 1.07. The zero-order chi connectivity index (χ0) is 27.2. The molecule has 7 aromatic rings. The highest BCUT2D eigenvalue weighted by Crippen LogP contribution is 2.50. The Balaban J connectivity index is 1.22. The van der Waals surface area contributed by atoms with Crippen LogP contribution in [0.5, 0.6) is 0 Å². The molecule has 8 rings (SSSR count). The minimum absolute atomic E-state index is 0.149. The topological polar surface area (TPSA) is 50.7 Å². The van der Waals surface area contributed by atoms with Crippen molar-refractivity contribution in [2.75, 3.05) is 5.32 Å². The van der Waals surface area contributed by atoms with Gasteiger partial charge in [0.2, 0.25) is 0 Å². The van der Waals surface area contributed by atoms with Crippen molar-refractivity contribution >= 4 is 39.0 Å². The summed E-state index contributed by atoms with van der Waals surface area (Å²) < 4.78 is 0. The van der Waals surface area contributed by atoms with E-state index in [-0.39, 0.29) is 5.37 Å². The second-order valence-electron chi connectivity index (χ2n) is 10.2. The summed E-state index contributed by atoms with van der Waals surface area (Å²) >= 11 is 1.87. The maximum atomic E-state index is 4.95. The monoisotopic (exact) mass is 544 g/mol. The summed E-state index contributed by atoms with van der Waals surface area (Å²) in [5.74, 6) is 2.00. The van der Waals surface area contributed by atoms with Crippen LogP contribution in [-0.2, 0) is 0 Å². The zero-order valence-corrected chi connectivity index (χ0v) is 22.8. The summed E-state index contributed by atoms with van der Waals surface area (Å²) in [7, 11) is 0. The van der Waals surface area contributed by atoms with Gasteiger partial charge in [-0.3, -0.25) is 0 Å². The Morgan fingerprint density at radius 1 is 0.488 bits per heavy atom. The van der Waals surface area contributed by atoms with Crippen LogP contribution >= 0.6 is 11.8 Å². The zero-order valence-electron chi connectivity index (χ0n) is 22.0. The number of benzene rings is 6. The molecule has 0 spiro atoms. The third-order valence-electron chi connectivity index (χ3n) is 7.53. The standard InChI is InChI=1S/C36H24N4S/c1-3-10-25(11-4-1)33-38-34(26-12-5-2-6-13-26)40-35(39-33)28-17-16-24-19-20-31-32(30(24)22-28)41-36(37-31)29-18-15-23-9-7-8-14-27(23)21-29/h1-22,36-37H. The third-order valence-corrected chi connectivity index (χ3v) is 8.83. The van der Waals surface area contributed by atoms with E-state index in [4.69, 9.17) is 15.0 Å². The predicted molar refractivity (Wildman–Crippen MR) is 170 cm³/mol. The Morgan fingerprint density at radius 3 is 1.78 bits per heavy atom. The number of thioether (sulfide) groups is 1. The largest absolute Gasteiger partial charge is 0.368 e. The summed E-state index contributed by atoms with van der Waals surface area (Å²) in [5.41, 5.74) is 5.33. The fourth-order valence-corrected chi connectivity index (χ4v) is 6.68. The van der Waals surface area contributed by atoms with Crippen LogP contribution in [0.25, 0.3) is 55.7 Å². The van der Waals surface area contributed by atoms with Gasteiger partial charge < -0.3 is 5.32 Å². The average molecular weight is 545 g/mol. The molecule has 1 unspecified atom stereocenters. The molecule has 0 saturated carbocycles. The molecule has 6 aromatic carbocycles. The molecule has 0 fully saturated rings. The predicted octanol–water partition coefficient (Wildman–Crippen LogP) is 9.40. The first-order valence-electron chi connectivity index (χ1n) is 13.6. The van der Waals surface area contributed by atoms with Crippen LogP contribution in [-0.4, -0.2) is 15.0 Å². The Bertz CT molecular complexity index is 2000. The number of aromatic nitrogens is 3. The van der Waals surface area contributed by atoms with Crippen molar-refractivity contribution in [2.45, 2.75) is 10.3 Å². The summed E-state index contributed by atoms with van der Waals surface area (Å²) in [5, 5.41) is 8.81. The Labute approximate surface area is 242 Å². The van der Waals surface area contributed by atoms with E-state index in [0.717, 1.165) is 22.4 Å². The molecule has 0 amide bonds. The lowest BCUT2D eigenvalue weighted by atomic mass is 10.0. The second kappa shape index (κ2) is 9.88. The fourth-order valence-electron chi connectivity index (χ4n) is 5.42. The molecule has 0 saturated heterocycles. The highest BCUT2D eigenvalue weighted by atomic mass is 32.2. The molecule has 2 heterocycles. The van der Waals surface area contributed by atoms with Crippen LogP contribution in [0.15, 0.2) is 138 Å². The minimum Gasteiger partial charge on any atom is -0.368 e. The molecule has 1 aromatic heterocycles. The van der Waals surface area contributed by atoms with Crippen molar-refractivity contribution in [1.29, 1.82) is 0 Å². The van der Waals surface area contributed by atoms with Crippen molar-refractivity contribution in [1.82, 2.24) is 15.0 Å². The molecule has 0 radical (unpaired) electrons. The molecule has 1 atom stereocenters. The van der Waals surface area contributed by atoms with E-state index in [2.05, 4.69) is 78.1 Å². The number of nitrogens with zero attached hydrogens (tertiary/aromatic N) is 3. The first kappa shape index (κ1) is 23.9. The van der Waals surface area contributed by atoms with Gasteiger partial charge in [0.05, 0.1) is 0 Å². The quantitative estimate of drug-likeness (QED) is 0.239. The van der Waals surface area contributed by atoms with Crippen molar-refractivity contribution in [2.24, 2.45) is 0 Å². The molecule has 1 N–H and O–H groups in total. The summed E-state index contributed by atoms with van der Waals surface area (Å²) in [6, 6.07) is 46.3. The van der Waals surface area contributed by atoms with Gasteiger partial charge in [0.1, 0.15) is 5.37 Å². The average Bonchev–Trinajstić information content (AvgIpc) is 3.50. The smallest absolute Gasteiger partial charge is 0.164 e. The van der Waals surface area contributed by atoms with Gasteiger partial charge in [0, 0.05) is 27.3 Å². The van der Waals surface area contributed by atoms with Gasteiger partial charge in [-0.25, -0.2) is 15.0 Å². The van der Waals surface area contributed by atoms with Gasteiger partial charge in [-0.2, -0.15) is 0 Å². The first-order chi connectivity index (χ1) is 20.3. The molecule has 0 bridgehead atoms. The van der Waals surface area contributed by atoms with E-state index in [9.17, 15) is 0 Å². The van der Waals surface area contributed by atoms with E-state index in [1.807, 2.05) is 72.4 Å². The number of anilines is 1. The van der Waals surface area contributed by atoms with Crippen LogP contribution in [0.4, 0.5) is 5.69 Å². The fraction of sp³-hybridized carbons (Fsp3) is 0.0278. The van der Waals surface area contributed by atoms with Gasteiger partial charge in [-0.1, -0.05) is 127 Å². The molecular formula is C36H24N4S. The van der Waals surface area contributed by atoms with Crippen LogP contribution in [0.3, 0.4) is 0 Å². The van der Waals surface area contributed by atoms with Crippen molar-refractivity contribution in [3.8, 4) is 34.2 Å². The van der Waals surface area contributed by atoms with E-state index in [1.54, 1.807) is 0 Å². The summed E-state index contributed by atoms with van der Waals surface area (Å²) in [4.78, 5) is 16.0. The van der Waals surface area contributed by atoms with Crippen LogP contribution < -0.4 is 5.32 Å². The van der Waals surface area contributed by atoms with E-state index >= 15 is 0 Å². The van der Waals surface area contributed by atoms with E-state index < -0.39 is 0 Å². The van der Waals surface area contributed by atoms with Crippen molar-refractivity contribution < 1.29 is 0 Å². The van der Waals surface area contributed by atoms with Crippen LogP contribution in [0.1, 0.15) is 10.9 Å². The highest BCUT2D eigenvalue weighted by molar-refractivity contribution is 8.00. The maximum absolute atomic E-state index is 4.95. The molecule has 41 heavy (non-hydrogen) atoms. The molecule has 1 aliphatic heterocycles. The SMILES string of the molecule is c1ccc(-c2nc(-c3ccccc3)nc(-c3ccc4ccc5c(c4c3)SC(c3ccc4ccccc4c3)N5)n2)cc1. The van der Waals surface area contributed by atoms with Gasteiger partial charge >= 0.3 is 0 Å². The van der Waals surface area contributed by atoms with Gasteiger partial charge in [-0.05, 0) is 45.3 Å². The van der Waals surface area contributed by atoms with Gasteiger partial charge in [-0.15, -0.1) is 0 Å². The van der Waals surface area contributed by atoms with Crippen molar-refractivity contribution in [3.05, 3.63) is 139 Å². The van der Waals surface area contributed by atoms with Crippen LogP contribution in [0, 0.1) is 0 Å². The van der Waals surface area contributed by atoms with Gasteiger partial charge in [0.25, 0.3) is 0 Å². The molecule has 4 nitrogen and oxygen atoms in total. The Hall–Kier alpha value is -5.00. The van der Waals surface area contributed by atoms with E-state index in [1.165, 1.54) is 32.0 Å². The normalized spacial score (nSPS) is 14.2. The number of nitrogens with one attached hydrogen (secondary N) is 1. The van der Waals surface area contributed by atoms with E-state index in [0.29, 0.717) is 17.5 Å². The van der Waals surface area contributed by atoms with Gasteiger partial charge in [0.15, 0.2) is 17.5 Å². The summed E-state index contributed by atoms with van der Waals surface area (Å²) in [6.07, 6.45) is 0. The lowest BCUT2D eigenvalue weighted by Gasteiger charge is -2.11. The van der Waals surface area contributed by atoms with Crippen LogP contribution in [0.2, 0.25) is 0 Å². The Kier molecular flexibility index (Phi) is 5.75. The molecule has 0 aliphatic carbocycles. The molecule has 194 valence electrons. The Morgan fingerprint density at radius 2 is 1.07 bits per heavy atom. The molecular weight excluding hydrogens is 520 g/mol. The summed E-state index contributed by atoms with van der Waals surface area (Å²) in [6.45, 7) is 0. The number of hydrogen-bond acceptors (Lipinski definition) is 5.